The number of hydrogen-bond acceptors (Lipinski definition) is 3. The van der Waals surface area contributed by atoms with Crippen molar-refractivity contribution in [1.29, 1.82) is 0 Å². The highest BCUT2D eigenvalue weighted by Crippen LogP contribution is 2.15. The standard InChI is InChI=1S/C13H16O3/c1-4-5-15-13(14)9-16-12-7-10(2)6-11(3)8-12/h4,6-8H,1,5,9H2,2-3H3. The number of esters is 1. The maximum atomic E-state index is 11.2. The monoisotopic (exact) mass is 220 g/mol. The fourth-order valence-electron chi connectivity index (χ4n) is 1.35. The van der Waals surface area contributed by atoms with Crippen LogP contribution in [0.15, 0.2) is 30.9 Å². The van der Waals surface area contributed by atoms with Gasteiger partial charge in [-0.3, -0.25) is 0 Å². The highest BCUT2D eigenvalue weighted by molar-refractivity contribution is 5.71. The number of hydrogen-bond donors (Lipinski definition) is 0. The Labute approximate surface area is 95.7 Å². The fourth-order valence-corrected chi connectivity index (χ4v) is 1.35. The number of aryl methyl sites for hydroxylation is 2. The second-order valence-corrected chi connectivity index (χ2v) is 3.58. The van der Waals surface area contributed by atoms with Crippen LogP contribution in [-0.2, 0) is 9.53 Å². The first-order valence-corrected chi connectivity index (χ1v) is 5.09. The predicted octanol–water partition coefficient (Wildman–Crippen LogP) is 2.41. The van der Waals surface area contributed by atoms with Gasteiger partial charge in [0.2, 0.25) is 0 Å². The zero-order valence-electron chi connectivity index (χ0n) is 9.66. The average molecular weight is 220 g/mol. The number of benzene rings is 1. The molecule has 3 heteroatoms. The molecule has 0 aliphatic carbocycles. The van der Waals surface area contributed by atoms with Crippen LogP contribution in [0.5, 0.6) is 5.75 Å². The molecule has 0 amide bonds. The molecule has 3 nitrogen and oxygen atoms in total. The Balaban J connectivity index is 2.47. The van der Waals surface area contributed by atoms with E-state index in [1.807, 2.05) is 32.0 Å². The van der Waals surface area contributed by atoms with Crippen LogP contribution in [0.2, 0.25) is 0 Å². The molecule has 0 saturated heterocycles. The average Bonchev–Trinajstić information content (AvgIpc) is 2.22. The molecule has 86 valence electrons. The van der Waals surface area contributed by atoms with Gasteiger partial charge in [-0.2, -0.15) is 0 Å². The molecule has 0 aromatic heterocycles. The van der Waals surface area contributed by atoms with E-state index in [0.717, 1.165) is 11.1 Å². The van der Waals surface area contributed by atoms with Crippen molar-refractivity contribution in [3.63, 3.8) is 0 Å². The van der Waals surface area contributed by atoms with Gasteiger partial charge in [0, 0.05) is 0 Å². The van der Waals surface area contributed by atoms with Gasteiger partial charge in [0.05, 0.1) is 0 Å². The smallest absolute Gasteiger partial charge is 0.344 e. The van der Waals surface area contributed by atoms with Crippen LogP contribution in [0, 0.1) is 13.8 Å². The third kappa shape index (κ3) is 4.17. The first-order chi connectivity index (χ1) is 7.61. The first-order valence-electron chi connectivity index (χ1n) is 5.09. The minimum Gasteiger partial charge on any atom is -0.482 e. The summed E-state index contributed by atoms with van der Waals surface area (Å²) in [6.45, 7) is 7.56. The second kappa shape index (κ2) is 5.95. The summed E-state index contributed by atoms with van der Waals surface area (Å²) < 4.78 is 10.1. The molecule has 0 unspecified atom stereocenters. The third-order valence-corrected chi connectivity index (χ3v) is 1.91. The van der Waals surface area contributed by atoms with Crippen molar-refractivity contribution in [2.24, 2.45) is 0 Å². The molecule has 0 radical (unpaired) electrons. The molecule has 1 aromatic rings. The Morgan fingerprint density at radius 2 is 1.94 bits per heavy atom. The first kappa shape index (κ1) is 12.3. The van der Waals surface area contributed by atoms with Crippen LogP contribution in [0.25, 0.3) is 0 Å². The normalized spacial score (nSPS) is 9.62. The molecular weight excluding hydrogens is 204 g/mol. The summed E-state index contributed by atoms with van der Waals surface area (Å²) in [5, 5.41) is 0. The number of rotatable bonds is 5. The molecule has 0 atom stereocenters. The lowest BCUT2D eigenvalue weighted by Crippen LogP contribution is -2.14. The predicted molar refractivity (Wildman–Crippen MR) is 62.6 cm³/mol. The van der Waals surface area contributed by atoms with Crippen LogP contribution >= 0.6 is 0 Å². The van der Waals surface area contributed by atoms with Crippen molar-refractivity contribution in [1.82, 2.24) is 0 Å². The summed E-state index contributed by atoms with van der Waals surface area (Å²) in [5.41, 5.74) is 2.21. The Hall–Kier alpha value is -1.77. The maximum Gasteiger partial charge on any atom is 0.344 e. The van der Waals surface area contributed by atoms with Crippen LogP contribution in [0.1, 0.15) is 11.1 Å². The van der Waals surface area contributed by atoms with Gasteiger partial charge in [-0.25, -0.2) is 4.79 Å². The second-order valence-electron chi connectivity index (χ2n) is 3.58. The molecule has 1 aromatic carbocycles. The maximum absolute atomic E-state index is 11.2. The SMILES string of the molecule is C=CCOC(=O)COc1cc(C)cc(C)c1. The van der Waals surface area contributed by atoms with Crippen LogP contribution in [-0.4, -0.2) is 19.2 Å². The van der Waals surface area contributed by atoms with E-state index in [1.54, 1.807) is 0 Å². The molecule has 0 heterocycles. The van der Waals surface area contributed by atoms with Gasteiger partial charge in [-0.1, -0.05) is 18.7 Å². The summed E-state index contributed by atoms with van der Waals surface area (Å²) in [6.07, 6.45) is 1.52. The van der Waals surface area contributed by atoms with E-state index in [2.05, 4.69) is 6.58 Å². The van der Waals surface area contributed by atoms with Gasteiger partial charge in [0.25, 0.3) is 0 Å². The molecule has 0 saturated carbocycles. The van der Waals surface area contributed by atoms with Gasteiger partial charge >= 0.3 is 5.97 Å². The lowest BCUT2D eigenvalue weighted by Gasteiger charge is -2.07. The summed E-state index contributed by atoms with van der Waals surface area (Å²) in [7, 11) is 0. The molecule has 0 N–H and O–H groups in total. The Bertz CT molecular complexity index is 363. The lowest BCUT2D eigenvalue weighted by molar-refractivity contribution is -0.144. The molecule has 16 heavy (non-hydrogen) atoms. The van der Waals surface area contributed by atoms with Crippen molar-refractivity contribution < 1.29 is 14.3 Å². The topological polar surface area (TPSA) is 35.5 Å². The van der Waals surface area contributed by atoms with Crippen molar-refractivity contribution in [3.05, 3.63) is 42.0 Å². The van der Waals surface area contributed by atoms with Gasteiger partial charge in [0.1, 0.15) is 12.4 Å². The van der Waals surface area contributed by atoms with Crippen LogP contribution < -0.4 is 4.74 Å². The molecule has 0 spiro atoms. The van der Waals surface area contributed by atoms with E-state index < -0.39 is 0 Å². The molecule has 0 bridgehead atoms. The van der Waals surface area contributed by atoms with E-state index in [0.29, 0.717) is 5.75 Å². The van der Waals surface area contributed by atoms with Gasteiger partial charge in [-0.15, -0.1) is 0 Å². The van der Waals surface area contributed by atoms with Gasteiger partial charge in [-0.05, 0) is 37.1 Å². The number of ether oxygens (including phenoxy) is 2. The van der Waals surface area contributed by atoms with Crippen LogP contribution in [0.4, 0.5) is 0 Å². The molecule has 0 fully saturated rings. The van der Waals surface area contributed by atoms with Crippen molar-refractivity contribution in [2.45, 2.75) is 13.8 Å². The van der Waals surface area contributed by atoms with E-state index in [-0.39, 0.29) is 19.2 Å². The van der Waals surface area contributed by atoms with Crippen molar-refractivity contribution in [3.8, 4) is 5.75 Å². The Morgan fingerprint density at radius 3 is 2.50 bits per heavy atom. The third-order valence-electron chi connectivity index (χ3n) is 1.91. The highest BCUT2D eigenvalue weighted by Gasteiger charge is 2.03. The minimum atomic E-state index is -0.390. The summed E-state index contributed by atoms with van der Waals surface area (Å²) in [4.78, 5) is 11.2. The molecule has 1 rings (SSSR count). The minimum absolute atomic E-state index is 0.0727. The number of carbonyl (C=O) groups excluding carboxylic acids is 1. The van der Waals surface area contributed by atoms with Crippen LogP contribution in [0.3, 0.4) is 0 Å². The summed E-state index contributed by atoms with van der Waals surface area (Å²) >= 11 is 0. The lowest BCUT2D eigenvalue weighted by atomic mass is 10.1. The van der Waals surface area contributed by atoms with Crippen molar-refractivity contribution >= 4 is 5.97 Å². The van der Waals surface area contributed by atoms with Gasteiger partial charge < -0.3 is 9.47 Å². The van der Waals surface area contributed by atoms with E-state index in [9.17, 15) is 4.79 Å². The van der Waals surface area contributed by atoms with Crippen molar-refractivity contribution in [2.75, 3.05) is 13.2 Å². The molecule has 0 aliphatic heterocycles. The largest absolute Gasteiger partial charge is 0.482 e. The quantitative estimate of drug-likeness (QED) is 0.564. The highest BCUT2D eigenvalue weighted by atomic mass is 16.6. The fraction of sp³-hybridized carbons (Fsp3) is 0.308. The summed E-state index contributed by atoms with van der Waals surface area (Å²) in [5.74, 6) is 0.298. The van der Waals surface area contributed by atoms with E-state index in [4.69, 9.17) is 9.47 Å². The summed E-state index contributed by atoms with van der Waals surface area (Å²) in [6, 6.07) is 5.81. The van der Waals surface area contributed by atoms with E-state index >= 15 is 0 Å². The zero-order valence-corrected chi connectivity index (χ0v) is 9.66. The Kier molecular flexibility index (Phi) is 4.58. The molecular formula is C13H16O3. The Morgan fingerprint density at radius 1 is 1.31 bits per heavy atom. The number of carbonyl (C=O) groups is 1. The van der Waals surface area contributed by atoms with E-state index in [1.165, 1.54) is 6.08 Å². The molecule has 0 aliphatic rings. The zero-order chi connectivity index (χ0) is 12.0. The van der Waals surface area contributed by atoms with Gasteiger partial charge in [0.15, 0.2) is 6.61 Å².